The molecule has 1 heterocycles. The number of benzene rings is 2. The zero-order valence-electron chi connectivity index (χ0n) is 18.3. The van der Waals surface area contributed by atoms with E-state index in [1.54, 1.807) is 12.1 Å². The molecule has 0 bridgehead atoms. The van der Waals surface area contributed by atoms with Crippen LogP contribution in [-0.2, 0) is 11.2 Å². The van der Waals surface area contributed by atoms with Crippen LogP contribution in [0.4, 0.5) is 10.8 Å². The Kier molecular flexibility index (Phi) is 8.65. The number of carbonyl (C=O) groups is 1. The number of rotatable bonds is 11. The third-order valence-corrected chi connectivity index (χ3v) is 5.27. The fourth-order valence-electron chi connectivity index (χ4n) is 2.81. The van der Waals surface area contributed by atoms with Crippen LogP contribution in [0, 0.1) is 21.4 Å². The summed E-state index contributed by atoms with van der Waals surface area (Å²) in [7, 11) is 0. The van der Waals surface area contributed by atoms with E-state index in [1.807, 2.05) is 31.2 Å². The molecule has 2 aromatic carbocycles. The number of amides is 1. The molecule has 174 valence electrons. The van der Waals surface area contributed by atoms with Gasteiger partial charge in [-0.3, -0.25) is 20.2 Å². The smallest absolute Gasteiger partial charge is 0.270 e. The van der Waals surface area contributed by atoms with Crippen molar-refractivity contribution in [1.29, 1.82) is 5.26 Å². The van der Waals surface area contributed by atoms with Gasteiger partial charge in [0.25, 0.3) is 11.6 Å². The maximum atomic E-state index is 12.6. The Morgan fingerprint density at radius 2 is 1.97 bits per heavy atom. The van der Waals surface area contributed by atoms with Crippen LogP contribution in [0.1, 0.15) is 23.9 Å². The molecule has 0 aliphatic rings. The lowest BCUT2D eigenvalue weighted by Crippen LogP contribution is -2.13. The molecule has 11 heteroatoms. The maximum Gasteiger partial charge on any atom is 0.270 e. The number of ether oxygens (including phenoxy) is 2. The van der Waals surface area contributed by atoms with Gasteiger partial charge in [0.15, 0.2) is 0 Å². The fraction of sp³-hybridized carbons (Fsp3) is 0.217. The number of nitriles is 1. The van der Waals surface area contributed by atoms with Crippen molar-refractivity contribution >= 4 is 34.1 Å². The van der Waals surface area contributed by atoms with Gasteiger partial charge in [-0.25, -0.2) is 0 Å². The van der Waals surface area contributed by atoms with Crippen LogP contribution >= 0.6 is 11.3 Å². The zero-order chi connectivity index (χ0) is 24.3. The molecule has 3 aromatic rings. The second-order valence-corrected chi connectivity index (χ2v) is 7.93. The molecule has 1 amide bonds. The number of nitro benzene ring substituents is 1. The quantitative estimate of drug-likeness (QED) is 0.140. The van der Waals surface area contributed by atoms with Gasteiger partial charge in [0.2, 0.25) is 5.13 Å². The molecule has 34 heavy (non-hydrogen) atoms. The van der Waals surface area contributed by atoms with Crippen LogP contribution in [0.15, 0.2) is 54.1 Å². The number of aromatic nitrogens is 2. The van der Waals surface area contributed by atoms with Gasteiger partial charge in [0, 0.05) is 24.1 Å². The third-order valence-electron chi connectivity index (χ3n) is 4.37. The minimum Gasteiger partial charge on any atom is -0.490 e. The van der Waals surface area contributed by atoms with E-state index >= 15 is 0 Å². The first-order chi connectivity index (χ1) is 16.5. The number of carbonyl (C=O) groups excluding carboxylic acids is 1. The van der Waals surface area contributed by atoms with Crippen molar-refractivity contribution in [2.24, 2.45) is 0 Å². The van der Waals surface area contributed by atoms with Crippen LogP contribution in [0.2, 0.25) is 0 Å². The van der Waals surface area contributed by atoms with E-state index in [0.717, 1.165) is 17.8 Å². The molecular weight excluding hydrogens is 458 g/mol. The Labute approximate surface area is 199 Å². The van der Waals surface area contributed by atoms with E-state index in [1.165, 1.54) is 35.6 Å². The molecule has 0 saturated carbocycles. The Balaban J connectivity index is 1.75. The van der Waals surface area contributed by atoms with Gasteiger partial charge in [0.05, 0.1) is 4.92 Å². The zero-order valence-corrected chi connectivity index (χ0v) is 19.1. The molecule has 0 fully saturated rings. The highest BCUT2D eigenvalue weighted by molar-refractivity contribution is 7.15. The summed E-state index contributed by atoms with van der Waals surface area (Å²) in [4.78, 5) is 23.3. The predicted octanol–water partition coefficient (Wildman–Crippen LogP) is 4.40. The molecule has 10 nitrogen and oxygen atoms in total. The normalized spacial score (nSPS) is 10.9. The first-order valence-electron chi connectivity index (χ1n) is 10.3. The summed E-state index contributed by atoms with van der Waals surface area (Å²) in [6.45, 7) is 2.38. The van der Waals surface area contributed by atoms with Gasteiger partial charge in [-0.15, -0.1) is 10.2 Å². The number of hydrogen-bond donors (Lipinski definition) is 1. The number of nitrogens with zero attached hydrogens (tertiary/aromatic N) is 4. The van der Waals surface area contributed by atoms with Crippen LogP contribution in [0.25, 0.3) is 6.08 Å². The lowest BCUT2D eigenvalue weighted by atomic mass is 10.1. The van der Waals surface area contributed by atoms with E-state index < -0.39 is 10.8 Å². The van der Waals surface area contributed by atoms with E-state index in [2.05, 4.69) is 15.5 Å². The first-order valence-corrected chi connectivity index (χ1v) is 11.2. The molecule has 0 unspecified atom stereocenters. The van der Waals surface area contributed by atoms with E-state index in [-0.39, 0.29) is 40.9 Å². The van der Waals surface area contributed by atoms with Crippen LogP contribution < -0.4 is 14.8 Å². The third kappa shape index (κ3) is 6.85. The summed E-state index contributed by atoms with van der Waals surface area (Å²) in [6.07, 6.45) is 2.86. The summed E-state index contributed by atoms with van der Waals surface area (Å²) in [5.74, 6) is 0.243. The van der Waals surface area contributed by atoms with Crippen molar-refractivity contribution < 1.29 is 19.2 Å². The van der Waals surface area contributed by atoms with Crippen molar-refractivity contribution in [2.75, 3.05) is 18.5 Å². The van der Waals surface area contributed by atoms with Crippen molar-refractivity contribution in [2.45, 2.75) is 19.8 Å². The SMILES string of the molecule is CCCc1nnc(NC(=O)/C(C#N)=C\c2cc([N+](=O)[O-])ccc2OCCOc2ccccc2)s1. The number of non-ortho nitro benzene ring substituents is 1. The van der Waals surface area contributed by atoms with Crippen molar-refractivity contribution in [3.63, 3.8) is 0 Å². The second kappa shape index (κ2) is 12.1. The van der Waals surface area contributed by atoms with Gasteiger partial charge in [0.1, 0.15) is 41.4 Å². The van der Waals surface area contributed by atoms with Gasteiger partial charge in [-0.2, -0.15) is 5.26 Å². The lowest BCUT2D eigenvalue weighted by molar-refractivity contribution is -0.384. The summed E-state index contributed by atoms with van der Waals surface area (Å²) in [6, 6.07) is 14.9. The predicted molar refractivity (Wildman–Crippen MR) is 127 cm³/mol. The van der Waals surface area contributed by atoms with Gasteiger partial charge < -0.3 is 9.47 Å². The topological polar surface area (TPSA) is 140 Å². The first kappa shape index (κ1) is 24.3. The number of nitro groups is 1. The van der Waals surface area contributed by atoms with Crippen molar-refractivity contribution in [3.05, 3.63) is 74.8 Å². The minimum atomic E-state index is -0.702. The lowest BCUT2D eigenvalue weighted by Gasteiger charge is -2.11. The standard InChI is InChI=1S/C23H21N5O5S/c1-2-6-21-26-27-23(34-21)25-22(29)17(15-24)13-16-14-18(28(30)31)9-10-20(16)33-12-11-32-19-7-4-3-5-8-19/h3-5,7-10,13-14H,2,6,11-12H2,1H3,(H,25,27,29)/b17-13-. The second-order valence-electron chi connectivity index (χ2n) is 6.86. The molecule has 0 aliphatic heterocycles. The summed E-state index contributed by atoms with van der Waals surface area (Å²) in [5.41, 5.74) is -0.257. The average Bonchev–Trinajstić information content (AvgIpc) is 3.28. The highest BCUT2D eigenvalue weighted by Gasteiger charge is 2.16. The highest BCUT2D eigenvalue weighted by atomic mass is 32.1. The molecule has 0 spiro atoms. The number of para-hydroxylation sites is 1. The van der Waals surface area contributed by atoms with Gasteiger partial charge >= 0.3 is 0 Å². The Hall–Kier alpha value is -4.30. The van der Waals surface area contributed by atoms with E-state index in [9.17, 15) is 20.2 Å². The number of hydrogen-bond acceptors (Lipinski definition) is 9. The molecule has 3 rings (SSSR count). The minimum absolute atomic E-state index is 0.145. The molecule has 0 radical (unpaired) electrons. The van der Waals surface area contributed by atoms with Gasteiger partial charge in [-0.1, -0.05) is 36.5 Å². The summed E-state index contributed by atoms with van der Waals surface area (Å²) >= 11 is 1.22. The van der Waals surface area contributed by atoms with Crippen LogP contribution in [-0.4, -0.2) is 34.2 Å². The van der Waals surface area contributed by atoms with Gasteiger partial charge in [-0.05, 0) is 30.7 Å². The highest BCUT2D eigenvalue weighted by Crippen LogP contribution is 2.27. The molecule has 0 aliphatic carbocycles. The van der Waals surface area contributed by atoms with Crippen molar-refractivity contribution in [3.8, 4) is 17.6 Å². The van der Waals surface area contributed by atoms with Crippen LogP contribution in [0.3, 0.4) is 0 Å². The number of aryl methyl sites for hydroxylation is 1. The Morgan fingerprint density at radius 3 is 2.68 bits per heavy atom. The summed E-state index contributed by atoms with van der Waals surface area (Å²) in [5, 5.41) is 32.2. The maximum absolute atomic E-state index is 12.6. The molecule has 0 atom stereocenters. The molecular formula is C23H21N5O5S. The monoisotopic (exact) mass is 479 g/mol. The average molecular weight is 480 g/mol. The Bertz CT molecular complexity index is 1220. The van der Waals surface area contributed by atoms with Crippen LogP contribution in [0.5, 0.6) is 11.5 Å². The summed E-state index contributed by atoms with van der Waals surface area (Å²) < 4.78 is 11.3. The molecule has 1 aromatic heterocycles. The fourth-order valence-corrected chi connectivity index (χ4v) is 3.65. The number of nitrogens with one attached hydrogen (secondary N) is 1. The largest absolute Gasteiger partial charge is 0.490 e. The van der Waals surface area contributed by atoms with E-state index in [4.69, 9.17) is 9.47 Å². The Morgan fingerprint density at radius 1 is 1.21 bits per heavy atom. The van der Waals surface area contributed by atoms with Crippen molar-refractivity contribution in [1.82, 2.24) is 10.2 Å². The number of anilines is 1. The molecule has 1 N–H and O–H groups in total. The molecule has 0 saturated heterocycles. The van der Waals surface area contributed by atoms with E-state index in [0.29, 0.717) is 5.75 Å².